The van der Waals surface area contributed by atoms with Crippen molar-refractivity contribution >= 4 is 40.7 Å². The highest BCUT2D eigenvalue weighted by molar-refractivity contribution is 14.1. The molecule has 0 spiro atoms. The fourth-order valence-corrected chi connectivity index (χ4v) is 5.35. The highest BCUT2D eigenvalue weighted by Crippen LogP contribution is 2.37. The Morgan fingerprint density at radius 1 is 1.28 bits per heavy atom. The number of nitrogens with zero attached hydrogens (tertiary/aromatic N) is 2. The van der Waals surface area contributed by atoms with E-state index in [2.05, 4.69) is 10.2 Å². The smallest absolute Gasteiger partial charge is 0.248 e. The first-order valence-corrected chi connectivity index (χ1v) is 13.8. The predicted molar refractivity (Wildman–Crippen MR) is 149 cm³/mol. The van der Waals surface area contributed by atoms with E-state index in [-0.39, 0.29) is 37.8 Å². The number of aldehydes is 1. The molecule has 0 unspecified atom stereocenters. The summed E-state index contributed by atoms with van der Waals surface area (Å²) in [5.74, 6) is -0.173. The highest BCUT2D eigenvalue weighted by atomic mass is 127. The summed E-state index contributed by atoms with van der Waals surface area (Å²) in [6.45, 7) is 3.17. The van der Waals surface area contributed by atoms with Crippen molar-refractivity contribution in [3.05, 3.63) is 32.9 Å². The van der Waals surface area contributed by atoms with Crippen molar-refractivity contribution in [3.63, 3.8) is 0 Å². The zero-order valence-electron chi connectivity index (χ0n) is 22.1. The Bertz CT molecular complexity index is 1030. The molecule has 0 bridgehead atoms. The van der Waals surface area contributed by atoms with Crippen molar-refractivity contribution in [1.82, 2.24) is 15.1 Å². The fraction of sp³-hybridized carbons (Fsp3) is 0.577. The topological polar surface area (TPSA) is 147 Å². The second-order valence-corrected chi connectivity index (χ2v) is 10.3. The Balaban J connectivity index is 1.94. The molecule has 1 aromatic rings. The van der Waals surface area contributed by atoms with Gasteiger partial charge in [-0.25, -0.2) is 0 Å². The number of methoxy groups -OCH3 is 2. The SMILES string of the molecule is COCC(=O)N(CCN1CCOCC1)[C@@H]1CC(C(=O)NCCO)=C[C@H](Oc2c(I)cc(C=O)cc2OC)[C@H]1O. The Morgan fingerprint density at radius 2 is 2.03 bits per heavy atom. The molecule has 0 saturated carbocycles. The Morgan fingerprint density at radius 3 is 2.67 bits per heavy atom. The van der Waals surface area contributed by atoms with E-state index < -0.39 is 24.2 Å². The van der Waals surface area contributed by atoms with Gasteiger partial charge in [0.2, 0.25) is 11.8 Å². The minimum Gasteiger partial charge on any atom is -0.493 e. The van der Waals surface area contributed by atoms with Gasteiger partial charge in [-0.15, -0.1) is 0 Å². The summed E-state index contributed by atoms with van der Waals surface area (Å²) in [6, 6.07) is 2.34. The predicted octanol–water partition coefficient (Wildman–Crippen LogP) is -0.165. The number of carbonyl (C=O) groups is 3. The molecule has 3 N–H and O–H groups in total. The molecule has 2 aliphatic rings. The van der Waals surface area contributed by atoms with E-state index in [1.165, 1.54) is 26.4 Å². The van der Waals surface area contributed by atoms with Gasteiger partial charge >= 0.3 is 0 Å². The Hall–Kier alpha value is -2.30. The van der Waals surface area contributed by atoms with Crippen LogP contribution in [0.4, 0.5) is 0 Å². The van der Waals surface area contributed by atoms with Gasteiger partial charge in [-0.3, -0.25) is 19.3 Å². The van der Waals surface area contributed by atoms with Gasteiger partial charge in [0.15, 0.2) is 11.5 Å². The molecule has 1 aromatic carbocycles. The van der Waals surface area contributed by atoms with E-state index in [1.54, 1.807) is 11.0 Å². The molecular weight excluding hydrogens is 625 g/mol. The van der Waals surface area contributed by atoms with Gasteiger partial charge in [-0.1, -0.05) is 0 Å². The lowest BCUT2D eigenvalue weighted by Crippen LogP contribution is -2.57. The van der Waals surface area contributed by atoms with Crippen molar-refractivity contribution < 1.29 is 43.5 Å². The van der Waals surface area contributed by atoms with Gasteiger partial charge in [-0.05, 0) is 40.8 Å². The fourth-order valence-electron chi connectivity index (χ4n) is 4.59. The molecule has 0 radical (unpaired) electrons. The van der Waals surface area contributed by atoms with Crippen LogP contribution in [-0.4, -0.2) is 130 Å². The first kappa shape index (κ1) is 31.2. The number of halogens is 1. The maximum Gasteiger partial charge on any atom is 0.248 e. The van der Waals surface area contributed by atoms with Crippen LogP contribution in [0.2, 0.25) is 0 Å². The molecule has 0 aromatic heterocycles. The zero-order chi connectivity index (χ0) is 28.4. The van der Waals surface area contributed by atoms with Crippen LogP contribution in [-0.2, 0) is 19.1 Å². The van der Waals surface area contributed by atoms with Crippen molar-refractivity contribution in [1.29, 1.82) is 0 Å². The van der Waals surface area contributed by atoms with Gasteiger partial charge in [0.05, 0.1) is 36.5 Å². The Kier molecular flexibility index (Phi) is 12.4. The number of aliphatic hydroxyl groups is 2. The summed E-state index contributed by atoms with van der Waals surface area (Å²) in [7, 11) is 2.86. The van der Waals surface area contributed by atoms with Crippen molar-refractivity contribution in [2.75, 3.05) is 73.4 Å². The number of rotatable bonds is 13. The summed E-state index contributed by atoms with van der Waals surface area (Å²) in [4.78, 5) is 41.2. The number of hydrogen-bond donors (Lipinski definition) is 3. The molecule has 1 aliphatic heterocycles. The maximum absolute atomic E-state index is 13.2. The normalized spacial score (nSPS) is 21.6. The number of carbonyl (C=O) groups excluding carboxylic acids is 3. The molecule has 39 heavy (non-hydrogen) atoms. The molecule has 3 rings (SSSR count). The number of ether oxygens (including phenoxy) is 4. The quantitative estimate of drug-likeness (QED) is 0.193. The molecule has 2 amide bonds. The van der Waals surface area contributed by atoms with Crippen LogP contribution < -0.4 is 14.8 Å². The lowest BCUT2D eigenvalue weighted by atomic mass is 9.88. The Labute approximate surface area is 241 Å². The van der Waals surface area contributed by atoms with E-state index in [0.717, 1.165) is 13.1 Å². The lowest BCUT2D eigenvalue weighted by molar-refractivity contribution is -0.143. The summed E-state index contributed by atoms with van der Waals surface area (Å²) in [5, 5.41) is 23.4. The first-order chi connectivity index (χ1) is 18.8. The van der Waals surface area contributed by atoms with Crippen LogP contribution in [0.15, 0.2) is 23.8 Å². The van der Waals surface area contributed by atoms with Crippen LogP contribution in [0.1, 0.15) is 16.8 Å². The van der Waals surface area contributed by atoms with Crippen molar-refractivity contribution in [2.45, 2.75) is 24.7 Å². The largest absolute Gasteiger partial charge is 0.493 e. The number of benzene rings is 1. The molecular formula is C26H36IN3O9. The maximum atomic E-state index is 13.2. The summed E-state index contributed by atoms with van der Waals surface area (Å²) in [5.41, 5.74) is 0.702. The molecule has 13 heteroatoms. The van der Waals surface area contributed by atoms with Crippen LogP contribution in [0.25, 0.3) is 0 Å². The third kappa shape index (κ3) is 8.35. The molecule has 1 saturated heterocycles. The molecule has 12 nitrogen and oxygen atoms in total. The van der Waals surface area contributed by atoms with Gasteiger partial charge in [0.1, 0.15) is 25.1 Å². The minimum atomic E-state index is -1.20. The van der Waals surface area contributed by atoms with Crippen LogP contribution in [0, 0.1) is 3.57 Å². The molecule has 1 aliphatic carbocycles. The third-order valence-corrected chi connectivity index (χ3v) is 7.41. The summed E-state index contributed by atoms with van der Waals surface area (Å²) in [6.07, 6.45) is 0.0742. The van der Waals surface area contributed by atoms with Gasteiger partial charge in [-0.2, -0.15) is 0 Å². The average Bonchev–Trinajstić information content (AvgIpc) is 2.94. The highest BCUT2D eigenvalue weighted by Gasteiger charge is 2.41. The number of nitrogens with one attached hydrogen (secondary N) is 1. The third-order valence-electron chi connectivity index (χ3n) is 6.61. The number of morpholine rings is 1. The second-order valence-electron chi connectivity index (χ2n) is 9.14. The van der Waals surface area contributed by atoms with Gasteiger partial charge in [0, 0.05) is 57.4 Å². The standard InChI is InChI=1S/C26H36IN3O9/c1-36-16-23(33)30(5-4-29-6-9-38-10-7-29)20-13-18(26(35)28-3-8-31)14-21(24(20)34)39-25-19(27)11-17(15-32)12-22(25)37-2/h11-12,14-15,20-21,24,31,34H,3-10,13,16H2,1-2H3,(H,28,35)/t20-,21+,24+/m1/s1. The second kappa shape index (κ2) is 15.5. The van der Waals surface area contributed by atoms with Crippen LogP contribution in [0.5, 0.6) is 11.5 Å². The van der Waals surface area contributed by atoms with Gasteiger partial charge < -0.3 is 39.4 Å². The molecule has 1 heterocycles. The minimum absolute atomic E-state index is 0.0527. The summed E-state index contributed by atoms with van der Waals surface area (Å²) >= 11 is 2.01. The van der Waals surface area contributed by atoms with Crippen LogP contribution in [0.3, 0.4) is 0 Å². The van der Waals surface area contributed by atoms with E-state index >= 15 is 0 Å². The van der Waals surface area contributed by atoms with E-state index in [0.29, 0.717) is 53.0 Å². The number of amides is 2. The lowest BCUT2D eigenvalue weighted by Gasteiger charge is -2.41. The van der Waals surface area contributed by atoms with Crippen LogP contribution >= 0.6 is 22.6 Å². The number of hydrogen-bond acceptors (Lipinski definition) is 10. The summed E-state index contributed by atoms with van der Waals surface area (Å²) < 4.78 is 22.7. The molecule has 3 atom stereocenters. The van der Waals surface area contributed by atoms with Crippen molar-refractivity contribution in [3.8, 4) is 11.5 Å². The van der Waals surface area contributed by atoms with E-state index in [9.17, 15) is 24.6 Å². The average molecular weight is 661 g/mol. The zero-order valence-corrected chi connectivity index (χ0v) is 24.3. The molecule has 216 valence electrons. The monoisotopic (exact) mass is 661 g/mol. The van der Waals surface area contributed by atoms with Crippen molar-refractivity contribution in [2.24, 2.45) is 0 Å². The van der Waals surface area contributed by atoms with Gasteiger partial charge in [0.25, 0.3) is 0 Å². The number of aliphatic hydroxyl groups excluding tert-OH is 2. The first-order valence-electron chi connectivity index (χ1n) is 12.7. The molecule has 1 fully saturated rings. The van der Waals surface area contributed by atoms with E-state index in [1.807, 2.05) is 22.6 Å². The van der Waals surface area contributed by atoms with E-state index in [4.69, 9.17) is 18.9 Å².